The van der Waals surface area contributed by atoms with Crippen LogP contribution in [0.15, 0.2) is 24.3 Å². The van der Waals surface area contributed by atoms with Crippen LogP contribution >= 0.6 is 0 Å². The zero-order valence-corrected chi connectivity index (χ0v) is 11.5. The lowest BCUT2D eigenvalue weighted by Crippen LogP contribution is -2.48. The van der Waals surface area contributed by atoms with E-state index in [1.807, 2.05) is 6.92 Å². The number of carbonyl (C=O) groups excluding carboxylic acids is 1. The quantitative estimate of drug-likeness (QED) is 0.864. The molecular formula is C16H22N2O. The Morgan fingerprint density at radius 1 is 1.16 bits per heavy atom. The Hall–Kier alpha value is -1.35. The van der Waals surface area contributed by atoms with Gasteiger partial charge in [0.2, 0.25) is 5.91 Å². The SMILES string of the molecule is CC(NC1CCc2ccccc2C1)C(=O)NC1CC1. The van der Waals surface area contributed by atoms with Crippen LogP contribution in [0.5, 0.6) is 0 Å². The van der Waals surface area contributed by atoms with E-state index in [2.05, 4.69) is 34.9 Å². The molecule has 1 aromatic rings. The summed E-state index contributed by atoms with van der Waals surface area (Å²) in [5, 5.41) is 6.54. The van der Waals surface area contributed by atoms with Gasteiger partial charge in [-0.3, -0.25) is 4.79 Å². The number of fused-ring (bicyclic) bond motifs is 1. The van der Waals surface area contributed by atoms with Crippen molar-refractivity contribution in [3.8, 4) is 0 Å². The first-order valence-corrected chi connectivity index (χ1v) is 7.35. The van der Waals surface area contributed by atoms with Crippen LogP contribution < -0.4 is 10.6 Å². The molecule has 3 rings (SSSR count). The molecule has 0 aromatic heterocycles. The van der Waals surface area contributed by atoms with Gasteiger partial charge in [-0.25, -0.2) is 0 Å². The summed E-state index contributed by atoms with van der Waals surface area (Å²) in [6.45, 7) is 1.97. The van der Waals surface area contributed by atoms with E-state index in [0.717, 1.165) is 32.1 Å². The Bertz CT molecular complexity index is 468. The second-order valence-corrected chi connectivity index (χ2v) is 5.88. The maximum Gasteiger partial charge on any atom is 0.237 e. The van der Waals surface area contributed by atoms with Crippen LogP contribution in [0.1, 0.15) is 37.3 Å². The highest BCUT2D eigenvalue weighted by molar-refractivity contribution is 5.81. The molecule has 2 unspecified atom stereocenters. The number of hydrogen-bond donors (Lipinski definition) is 2. The van der Waals surface area contributed by atoms with Crippen molar-refractivity contribution >= 4 is 5.91 Å². The second-order valence-electron chi connectivity index (χ2n) is 5.88. The first-order chi connectivity index (χ1) is 9.22. The van der Waals surface area contributed by atoms with E-state index in [9.17, 15) is 4.79 Å². The third kappa shape index (κ3) is 3.16. The maximum absolute atomic E-state index is 11.9. The fourth-order valence-electron chi connectivity index (χ4n) is 2.82. The Kier molecular flexibility index (Phi) is 3.56. The fourth-order valence-corrected chi connectivity index (χ4v) is 2.82. The van der Waals surface area contributed by atoms with E-state index in [1.54, 1.807) is 0 Å². The minimum absolute atomic E-state index is 0.0872. The minimum Gasteiger partial charge on any atom is -0.352 e. The summed E-state index contributed by atoms with van der Waals surface area (Å²) in [7, 11) is 0. The smallest absolute Gasteiger partial charge is 0.237 e. The Balaban J connectivity index is 1.54. The largest absolute Gasteiger partial charge is 0.352 e. The van der Waals surface area contributed by atoms with Gasteiger partial charge < -0.3 is 10.6 Å². The number of carbonyl (C=O) groups is 1. The predicted molar refractivity (Wildman–Crippen MR) is 76.0 cm³/mol. The molecule has 2 atom stereocenters. The Morgan fingerprint density at radius 2 is 1.89 bits per heavy atom. The van der Waals surface area contributed by atoms with E-state index in [-0.39, 0.29) is 11.9 Å². The van der Waals surface area contributed by atoms with Crippen molar-refractivity contribution in [1.82, 2.24) is 10.6 Å². The van der Waals surface area contributed by atoms with Crippen LogP contribution in [0.3, 0.4) is 0 Å². The topological polar surface area (TPSA) is 41.1 Å². The molecule has 2 aliphatic rings. The van der Waals surface area contributed by atoms with Gasteiger partial charge in [-0.2, -0.15) is 0 Å². The van der Waals surface area contributed by atoms with Gasteiger partial charge in [-0.1, -0.05) is 24.3 Å². The lowest BCUT2D eigenvalue weighted by molar-refractivity contribution is -0.123. The van der Waals surface area contributed by atoms with Crippen LogP contribution in [0.4, 0.5) is 0 Å². The monoisotopic (exact) mass is 258 g/mol. The molecule has 1 fully saturated rings. The summed E-state index contributed by atoms with van der Waals surface area (Å²) >= 11 is 0. The van der Waals surface area contributed by atoms with Crippen molar-refractivity contribution in [3.05, 3.63) is 35.4 Å². The van der Waals surface area contributed by atoms with Gasteiger partial charge in [0.1, 0.15) is 0 Å². The minimum atomic E-state index is -0.0872. The molecular weight excluding hydrogens is 236 g/mol. The van der Waals surface area contributed by atoms with Gasteiger partial charge in [0, 0.05) is 12.1 Å². The van der Waals surface area contributed by atoms with Gasteiger partial charge in [-0.05, 0) is 50.2 Å². The van der Waals surface area contributed by atoms with Crippen LogP contribution in [-0.2, 0) is 17.6 Å². The Morgan fingerprint density at radius 3 is 2.63 bits per heavy atom. The molecule has 0 heterocycles. The molecule has 0 aliphatic heterocycles. The summed E-state index contributed by atoms with van der Waals surface area (Å²) in [6.07, 6.45) is 5.57. The molecule has 0 bridgehead atoms. The molecule has 1 aromatic carbocycles. The highest BCUT2D eigenvalue weighted by atomic mass is 16.2. The summed E-state index contributed by atoms with van der Waals surface area (Å²) in [4.78, 5) is 11.9. The number of nitrogens with one attached hydrogen (secondary N) is 2. The average molecular weight is 258 g/mol. The first kappa shape index (κ1) is 12.7. The molecule has 0 radical (unpaired) electrons. The third-order valence-corrected chi connectivity index (χ3v) is 4.15. The normalized spacial score (nSPS) is 23.5. The molecule has 3 heteroatoms. The summed E-state index contributed by atoms with van der Waals surface area (Å²) in [5.74, 6) is 0.154. The van der Waals surface area contributed by atoms with Gasteiger partial charge in [0.15, 0.2) is 0 Å². The van der Waals surface area contributed by atoms with Crippen molar-refractivity contribution in [2.24, 2.45) is 0 Å². The van der Waals surface area contributed by atoms with Gasteiger partial charge >= 0.3 is 0 Å². The van der Waals surface area contributed by atoms with Crippen molar-refractivity contribution in [3.63, 3.8) is 0 Å². The summed E-state index contributed by atoms with van der Waals surface area (Å²) in [6, 6.07) is 9.42. The average Bonchev–Trinajstić information content (AvgIpc) is 3.22. The number of aryl methyl sites for hydroxylation is 1. The van der Waals surface area contributed by atoms with Crippen LogP contribution in [0.2, 0.25) is 0 Å². The summed E-state index contributed by atoms with van der Waals surface area (Å²) in [5.41, 5.74) is 2.90. The van der Waals surface area contributed by atoms with E-state index in [4.69, 9.17) is 0 Å². The lowest BCUT2D eigenvalue weighted by atomic mass is 9.88. The standard InChI is InChI=1S/C16H22N2O/c1-11(16(19)18-14-8-9-14)17-15-7-6-12-4-2-3-5-13(12)10-15/h2-5,11,14-15,17H,6-10H2,1H3,(H,18,19). The zero-order valence-electron chi connectivity index (χ0n) is 11.5. The van der Waals surface area contributed by atoms with E-state index in [1.165, 1.54) is 11.1 Å². The van der Waals surface area contributed by atoms with E-state index >= 15 is 0 Å². The van der Waals surface area contributed by atoms with Crippen molar-refractivity contribution in [1.29, 1.82) is 0 Å². The van der Waals surface area contributed by atoms with Crippen molar-refractivity contribution in [2.75, 3.05) is 0 Å². The highest BCUT2D eigenvalue weighted by Gasteiger charge is 2.27. The van der Waals surface area contributed by atoms with E-state index < -0.39 is 0 Å². The first-order valence-electron chi connectivity index (χ1n) is 7.35. The second kappa shape index (κ2) is 5.33. The number of hydrogen-bond acceptors (Lipinski definition) is 2. The van der Waals surface area contributed by atoms with Crippen LogP contribution in [0, 0.1) is 0 Å². The van der Waals surface area contributed by atoms with Crippen LogP contribution in [0.25, 0.3) is 0 Å². The molecule has 0 spiro atoms. The highest BCUT2D eigenvalue weighted by Crippen LogP contribution is 2.22. The molecule has 0 saturated heterocycles. The zero-order chi connectivity index (χ0) is 13.2. The molecule has 2 N–H and O–H groups in total. The third-order valence-electron chi connectivity index (χ3n) is 4.15. The summed E-state index contributed by atoms with van der Waals surface area (Å²) < 4.78 is 0. The number of rotatable bonds is 4. The maximum atomic E-state index is 11.9. The van der Waals surface area contributed by atoms with Gasteiger partial charge in [0.05, 0.1) is 6.04 Å². The molecule has 1 saturated carbocycles. The van der Waals surface area contributed by atoms with Crippen LogP contribution in [-0.4, -0.2) is 24.0 Å². The van der Waals surface area contributed by atoms with Crippen molar-refractivity contribution < 1.29 is 4.79 Å². The molecule has 19 heavy (non-hydrogen) atoms. The Labute approximate surface area is 114 Å². The fraction of sp³-hybridized carbons (Fsp3) is 0.562. The molecule has 2 aliphatic carbocycles. The predicted octanol–water partition coefficient (Wildman–Crippen LogP) is 1.80. The molecule has 102 valence electrons. The molecule has 1 amide bonds. The lowest BCUT2D eigenvalue weighted by Gasteiger charge is -2.28. The number of benzene rings is 1. The van der Waals surface area contributed by atoms with Gasteiger partial charge in [0.25, 0.3) is 0 Å². The number of amides is 1. The van der Waals surface area contributed by atoms with E-state index in [0.29, 0.717) is 12.1 Å². The van der Waals surface area contributed by atoms with Gasteiger partial charge in [-0.15, -0.1) is 0 Å². The molecule has 3 nitrogen and oxygen atoms in total. The van der Waals surface area contributed by atoms with Crippen molar-refractivity contribution in [2.45, 2.75) is 57.2 Å².